The standard InChI is InChI=1S/C15H17O3P/c16-19(14-11-17-14,15-12-18-15)10-6-2-5-9-13-7-3-1-4-8-13/h1-9,14-15H,10-12H2/b6-2+,9-5+. The van der Waals surface area contributed by atoms with Gasteiger partial charge in [-0.1, -0.05) is 54.6 Å². The minimum atomic E-state index is -2.32. The van der Waals surface area contributed by atoms with Gasteiger partial charge in [-0.15, -0.1) is 0 Å². The fraction of sp³-hybridized carbons (Fsp3) is 0.333. The number of allylic oxidation sites excluding steroid dienone is 3. The molecule has 19 heavy (non-hydrogen) atoms. The second-order valence-corrected chi connectivity index (χ2v) is 8.04. The van der Waals surface area contributed by atoms with Crippen LogP contribution in [0.2, 0.25) is 0 Å². The zero-order valence-electron chi connectivity index (χ0n) is 10.6. The molecule has 2 atom stereocenters. The highest BCUT2D eigenvalue weighted by Gasteiger charge is 2.52. The van der Waals surface area contributed by atoms with Crippen LogP contribution < -0.4 is 0 Å². The molecule has 2 fully saturated rings. The molecule has 0 spiro atoms. The van der Waals surface area contributed by atoms with Crippen molar-refractivity contribution in [2.24, 2.45) is 0 Å². The van der Waals surface area contributed by atoms with Crippen molar-refractivity contribution in [2.45, 2.75) is 11.7 Å². The fourth-order valence-electron chi connectivity index (χ4n) is 2.05. The first-order valence-electron chi connectivity index (χ1n) is 6.49. The van der Waals surface area contributed by atoms with E-state index >= 15 is 0 Å². The molecule has 2 unspecified atom stereocenters. The summed E-state index contributed by atoms with van der Waals surface area (Å²) in [5, 5.41) is 0. The van der Waals surface area contributed by atoms with Crippen molar-refractivity contribution < 1.29 is 14.0 Å². The van der Waals surface area contributed by atoms with Crippen LogP contribution in [0, 0.1) is 0 Å². The molecule has 0 aliphatic carbocycles. The highest BCUT2D eigenvalue weighted by Crippen LogP contribution is 2.64. The molecule has 0 radical (unpaired) electrons. The summed E-state index contributed by atoms with van der Waals surface area (Å²) in [6.45, 7) is 1.26. The van der Waals surface area contributed by atoms with E-state index in [1.54, 1.807) is 0 Å². The fourth-order valence-corrected chi connectivity index (χ4v) is 4.52. The molecule has 4 heteroatoms. The van der Waals surface area contributed by atoms with E-state index in [0.717, 1.165) is 5.56 Å². The molecule has 100 valence electrons. The number of epoxide rings is 2. The molecular formula is C15H17O3P. The summed E-state index contributed by atoms with van der Waals surface area (Å²) >= 11 is 0. The van der Waals surface area contributed by atoms with Crippen molar-refractivity contribution in [1.82, 2.24) is 0 Å². The lowest BCUT2D eigenvalue weighted by Crippen LogP contribution is -2.01. The van der Waals surface area contributed by atoms with Crippen molar-refractivity contribution >= 4 is 13.2 Å². The molecule has 2 heterocycles. The molecule has 3 nitrogen and oxygen atoms in total. The molecule has 0 N–H and O–H groups in total. The van der Waals surface area contributed by atoms with Gasteiger partial charge in [0.1, 0.15) is 11.7 Å². The van der Waals surface area contributed by atoms with Crippen LogP contribution in [0.25, 0.3) is 6.08 Å². The molecule has 0 aromatic heterocycles. The third kappa shape index (κ3) is 3.24. The Bertz CT molecular complexity index is 512. The molecule has 2 aliphatic rings. The maximum absolute atomic E-state index is 12.6. The first kappa shape index (κ1) is 12.9. The molecule has 1 aromatic carbocycles. The first-order valence-corrected chi connectivity index (χ1v) is 8.52. The summed E-state index contributed by atoms with van der Waals surface area (Å²) in [5.41, 5.74) is 1.16. The Hall–Kier alpha value is -1.15. The van der Waals surface area contributed by atoms with E-state index in [4.69, 9.17) is 9.47 Å². The maximum atomic E-state index is 12.6. The van der Waals surface area contributed by atoms with E-state index in [0.29, 0.717) is 19.4 Å². The van der Waals surface area contributed by atoms with Crippen molar-refractivity contribution in [3.05, 3.63) is 54.1 Å². The van der Waals surface area contributed by atoms with Crippen molar-refractivity contribution in [3.63, 3.8) is 0 Å². The Morgan fingerprint density at radius 1 is 1.11 bits per heavy atom. The van der Waals surface area contributed by atoms with E-state index in [2.05, 4.69) is 0 Å². The predicted octanol–water partition coefficient (Wildman–Crippen LogP) is 3.33. The summed E-state index contributed by atoms with van der Waals surface area (Å²) in [7, 11) is -2.32. The van der Waals surface area contributed by atoms with Gasteiger partial charge in [-0.25, -0.2) is 0 Å². The minimum Gasteiger partial charge on any atom is -0.365 e. The SMILES string of the molecule is O=P(C/C=C/C=C/c1ccccc1)(C1CO1)C1CO1. The molecule has 0 bridgehead atoms. The molecule has 0 saturated carbocycles. The first-order chi connectivity index (χ1) is 9.29. The molecule has 3 rings (SSSR count). The number of ether oxygens (including phenoxy) is 2. The Balaban J connectivity index is 1.55. The van der Waals surface area contributed by atoms with Gasteiger partial charge in [0.25, 0.3) is 0 Å². The summed E-state index contributed by atoms with van der Waals surface area (Å²) in [6, 6.07) is 10.1. The average Bonchev–Trinajstić information content (AvgIpc) is 3.32. The molecule has 2 aliphatic heterocycles. The van der Waals surface area contributed by atoms with Gasteiger partial charge in [-0.2, -0.15) is 0 Å². The smallest absolute Gasteiger partial charge is 0.150 e. The van der Waals surface area contributed by atoms with Crippen LogP contribution in [0.3, 0.4) is 0 Å². The van der Waals surface area contributed by atoms with Gasteiger partial charge in [0.2, 0.25) is 0 Å². The molecule has 0 amide bonds. The lowest BCUT2D eigenvalue weighted by Gasteiger charge is -2.09. The largest absolute Gasteiger partial charge is 0.365 e. The van der Waals surface area contributed by atoms with Crippen molar-refractivity contribution in [3.8, 4) is 0 Å². The van der Waals surface area contributed by atoms with Crippen LogP contribution in [-0.4, -0.2) is 31.1 Å². The van der Waals surface area contributed by atoms with Gasteiger partial charge in [0, 0.05) is 6.16 Å². The van der Waals surface area contributed by atoms with Crippen LogP contribution in [0.15, 0.2) is 48.6 Å². The number of rotatable bonds is 6. The molecule has 2 saturated heterocycles. The van der Waals surface area contributed by atoms with Crippen LogP contribution >= 0.6 is 7.14 Å². The lowest BCUT2D eigenvalue weighted by atomic mass is 10.2. The molecular weight excluding hydrogens is 259 g/mol. The summed E-state index contributed by atoms with van der Waals surface area (Å²) in [5.74, 6) is -0.106. The van der Waals surface area contributed by atoms with Gasteiger partial charge in [0.15, 0.2) is 7.14 Å². The normalized spacial score (nSPS) is 28.6. The monoisotopic (exact) mass is 276 g/mol. The summed E-state index contributed by atoms with van der Waals surface area (Å²) < 4.78 is 23.1. The van der Waals surface area contributed by atoms with E-state index in [9.17, 15) is 4.57 Å². The van der Waals surface area contributed by atoms with Crippen molar-refractivity contribution in [1.29, 1.82) is 0 Å². The zero-order chi connectivity index (χ0) is 13.1. The van der Waals surface area contributed by atoms with Gasteiger partial charge in [0.05, 0.1) is 13.2 Å². The van der Waals surface area contributed by atoms with Crippen molar-refractivity contribution in [2.75, 3.05) is 19.4 Å². The van der Waals surface area contributed by atoms with Gasteiger partial charge >= 0.3 is 0 Å². The summed E-state index contributed by atoms with van der Waals surface area (Å²) in [6.07, 6.45) is 8.49. The number of hydrogen-bond acceptors (Lipinski definition) is 3. The Morgan fingerprint density at radius 2 is 1.74 bits per heavy atom. The van der Waals surface area contributed by atoms with Crippen LogP contribution in [0.5, 0.6) is 0 Å². The second-order valence-electron chi connectivity index (χ2n) is 4.81. The Labute approximate surface area is 113 Å². The predicted molar refractivity (Wildman–Crippen MR) is 76.6 cm³/mol. The van der Waals surface area contributed by atoms with Gasteiger partial charge < -0.3 is 14.0 Å². The molecule has 1 aromatic rings. The highest BCUT2D eigenvalue weighted by molar-refractivity contribution is 7.65. The number of benzene rings is 1. The van der Waals surface area contributed by atoms with E-state index in [-0.39, 0.29) is 11.7 Å². The average molecular weight is 276 g/mol. The third-order valence-corrected chi connectivity index (χ3v) is 6.66. The second kappa shape index (κ2) is 5.46. The van der Waals surface area contributed by atoms with Crippen LogP contribution in [0.1, 0.15) is 5.56 Å². The van der Waals surface area contributed by atoms with Gasteiger partial charge in [-0.05, 0) is 5.56 Å². The third-order valence-electron chi connectivity index (χ3n) is 3.33. The van der Waals surface area contributed by atoms with Gasteiger partial charge in [-0.3, -0.25) is 0 Å². The lowest BCUT2D eigenvalue weighted by molar-refractivity contribution is 0.422. The number of hydrogen-bond donors (Lipinski definition) is 0. The van der Waals surface area contributed by atoms with E-state index in [1.807, 2.05) is 54.6 Å². The quantitative estimate of drug-likeness (QED) is 0.454. The van der Waals surface area contributed by atoms with Crippen LogP contribution in [-0.2, 0) is 14.0 Å². The Morgan fingerprint density at radius 3 is 2.32 bits per heavy atom. The van der Waals surface area contributed by atoms with E-state index in [1.165, 1.54) is 0 Å². The Kier molecular flexibility index (Phi) is 3.69. The minimum absolute atomic E-state index is 0.0530. The van der Waals surface area contributed by atoms with Crippen LogP contribution in [0.4, 0.5) is 0 Å². The zero-order valence-corrected chi connectivity index (χ0v) is 11.5. The summed E-state index contributed by atoms with van der Waals surface area (Å²) in [4.78, 5) is 0. The van der Waals surface area contributed by atoms with E-state index < -0.39 is 7.14 Å². The highest BCUT2D eigenvalue weighted by atomic mass is 31.2. The topological polar surface area (TPSA) is 42.1 Å². The maximum Gasteiger partial charge on any atom is 0.150 e.